The van der Waals surface area contributed by atoms with E-state index in [0.29, 0.717) is 16.2 Å². The molecule has 0 saturated heterocycles. The molecule has 0 saturated carbocycles. The molecule has 1 aliphatic rings. The minimum atomic E-state index is -0.408. The highest BCUT2D eigenvalue weighted by Gasteiger charge is 2.36. The van der Waals surface area contributed by atoms with Crippen molar-refractivity contribution in [3.05, 3.63) is 89.1 Å². The Morgan fingerprint density at radius 2 is 1.77 bits per heavy atom. The number of hydrogen-bond acceptors (Lipinski definition) is 3. The second-order valence-corrected chi connectivity index (χ2v) is 8.02. The molecule has 3 aromatic rings. The lowest BCUT2D eigenvalue weighted by Gasteiger charge is -2.38. The number of benzene rings is 3. The van der Waals surface area contributed by atoms with Gasteiger partial charge in [-0.25, -0.2) is 0 Å². The SMILES string of the molecule is CCCN1C(=S)NC(c2c(OC)ccc3ccccc23)C(C(=O)c2ccccc2)=C1C. The Morgan fingerprint density at radius 3 is 2.48 bits per heavy atom. The van der Waals surface area contributed by atoms with Crippen LogP contribution in [0.2, 0.25) is 0 Å². The first kappa shape index (κ1) is 21.1. The largest absolute Gasteiger partial charge is 0.496 e. The van der Waals surface area contributed by atoms with Crippen LogP contribution in [0.5, 0.6) is 5.75 Å². The molecular formula is C26H26N2O2S. The van der Waals surface area contributed by atoms with Gasteiger partial charge in [0.05, 0.1) is 13.2 Å². The molecule has 4 nitrogen and oxygen atoms in total. The van der Waals surface area contributed by atoms with E-state index in [1.807, 2.05) is 66.4 Å². The highest BCUT2D eigenvalue weighted by molar-refractivity contribution is 7.80. The lowest BCUT2D eigenvalue weighted by atomic mass is 9.86. The molecule has 1 aliphatic heterocycles. The van der Waals surface area contributed by atoms with Crippen LogP contribution in [0.25, 0.3) is 10.8 Å². The summed E-state index contributed by atoms with van der Waals surface area (Å²) < 4.78 is 5.75. The van der Waals surface area contributed by atoms with Crippen molar-refractivity contribution in [2.45, 2.75) is 26.3 Å². The molecule has 1 atom stereocenters. The van der Waals surface area contributed by atoms with Crippen LogP contribution >= 0.6 is 12.2 Å². The number of carbonyl (C=O) groups is 1. The van der Waals surface area contributed by atoms with E-state index in [1.54, 1.807) is 7.11 Å². The van der Waals surface area contributed by atoms with Crippen LogP contribution in [-0.4, -0.2) is 29.5 Å². The summed E-state index contributed by atoms with van der Waals surface area (Å²) in [6, 6.07) is 21.2. The molecule has 158 valence electrons. The van der Waals surface area contributed by atoms with Gasteiger partial charge in [-0.1, -0.05) is 67.6 Å². The second kappa shape index (κ2) is 8.90. The fraction of sp³-hybridized carbons (Fsp3) is 0.231. The summed E-state index contributed by atoms with van der Waals surface area (Å²) in [4.78, 5) is 15.8. The number of ketones is 1. The number of nitrogens with one attached hydrogen (secondary N) is 1. The summed E-state index contributed by atoms with van der Waals surface area (Å²) in [7, 11) is 1.66. The average molecular weight is 431 g/mol. The summed E-state index contributed by atoms with van der Waals surface area (Å²) in [5, 5.41) is 6.22. The van der Waals surface area contributed by atoms with E-state index in [2.05, 4.69) is 24.4 Å². The highest BCUT2D eigenvalue weighted by atomic mass is 32.1. The monoisotopic (exact) mass is 430 g/mol. The molecule has 0 aliphatic carbocycles. The van der Waals surface area contributed by atoms with Crippen molar-refractivity contribution in [2.24, 2.45) is 0 Å². The normalized spacial score (nSPS) is 16.4. The molecule has 5 heteroatoms. The molecule has 31 heavy (non-hydrogen) atoms. The Labute approximate surface area is 188 Å². The Hall–Kier alpha value is -3.18. The minimum absolute atomic E-state index is 0.00538. The van der Waals surface area contributed by atoms with E-state index >= 15 is 0 Å². The van der Waals surface area contributed by atoms with Crippen LogP contribution in [-0.2, 0) is 0 Å². The van der Waals surface area contributed by atoms with Gasteiger partial charge in [0, 0.05) is 28.9 Å². The molecule has 0 radical (unpaired) electrons. The van der Waals surface area contributed by atoms with Gasteiger partial charge in [0.1, 0.15) is 5.75 Å². The predicted molar refractivity (Wildman–Crippen MR) is 129 cm³/mol. The number of thiocarbonyl (C=S) groups is 1. The van der Waals surface area contributed by atoms with E-state index in [0.717, 1.165) is 40.7 Å². The standard InChI is InChI=1S/C26H26N2O2S/c1-4-16-28-17(2)22(25(29)19-11-6-5-7-12-19)24(27-26(28)31)23-20-13-9-8-10-18(20)14-15-21(23)30-3/h5-15,24H,4,16H2,1-3H3,(H,27,31). The summed E-state index contributed by atoms with van der Waals surface area (Å²) in [5.41, 5.74) is 3.17. The van der Waals surface area contributed by atoms with Gasteiger partial charge < -0.3 is 15.0 Å². The van der Waals surface area contributed by atoms with Crippen LogP contribution < -0.4 is 10.1 Å². The van der Waals surface area contributed by atoms with Crippen LogP contribution in [0.1, 0.15) is 42.2 Å². The summed E-state index contributed by atoms with van der Waals surface area (Å²) in [6.07, 6.45) is 0.925. The molecule has 4 rings (SSSR count). The first-order valence-electron chi connectivity index (χ1n) is 10.5. The van der Waals surface area contributed by atoms with Gasteiger partial charge in [-0.3, -0.25) is 4.79 Å². The molecular weight excluding hydrogens is 404 g/mol. The average Bonchev–Trinajstić information content (AvgIpc) is 2.80. The van der Waals surface area contributed by atoms with Crippen molar-refractivity contribution < 1.29 is 9.53 Å². The molecule has 0 amide bonds. The molecule has 1 N–H and O–H groups in total. The van der Waals surface area contributed by atoms with Crippen LogP contribution in [0.4, 0.5) is 0 Å². The fourth-order valence-electron chi connectivity index (χ4n) is 4.28. The Bertz CT molecular complexity index is 1170. The maximum absolute atomic E-state index is 13.8. The zero-order valence-corrected chi connectivity index (χ0v) is 18.8. The van der Waals surface area contributed by atoms with E-state index < -0.39 is 6.04 Å². The van der Waals surface area contributed by atoms with Crippen molar-refractivity contribution in [3.63, 3.8) is 0 Å². The third-order valence-corrected chi connectivity index (χ3v) is 6.10. The number of nitrogens with zero attached hydrogens (tertiary/aromatic N) is 1. The van der Waals surface area contributed by atoms with Gasteiger partial charge in [0.2, 0.25) is 0 Å². The van der Waals surface area contributed by atoms with Gasteiger partial charge >= 0.3 is 0 Å². The summed E-state index contributed by atoms with van der Waals surface area (Å²) in [5.74, 6) is 0.725. The number of hydrogen-bond donors (Lipinski definition) is 1. The van der Waals surface area contributed by atoms with Gasteiger partial charge in [0.15, 0.2) is 10.9 Å². The summed E-state index contributed by atoms with van der Waals surface area (Å²) >= 11 is 5.73. The zero-order chi connectivity index (χ0) is 22.0. The smallest absolute Gasteiger partial charge is 0.193 e. The lowest BCUT2D eigenvalue weighted by Crippen LogP contribution is -2.48. The second-order valence-electron chi connectivity index (χ2n) is 7.63. The lowest BCUT2D eigenvalue weighted by molar-refractivity contribution is 0.102. The van der Waals surface area contributed by atoms with Gasteiger partial charge in [-0.05, 0) is 42.4 Å². The third kappa shape index (κ3) is 3.81. The van der Waals surface area contributed by atoms with Crippen molar-refractivity contribution >= 4 is 33.9 Å². The molecule has 0 spiro atoms. The number of ether oxygens (including phenoxy) is 1. The Balaban J connectivity index is 1.97. The molecule has 3 aromatic carbocycles. The highest BCUT2D eigenvalue weighted by Crippen LogP contribution is 2.40. The van der Waals surface area contributed by atoms with E-state index in [4.69, 9.17) is 17.0 Å². The Kier molecular flexibility index (Phi) is 6.05. The van der Waals surface area contributed by atoms with Crippen LogP contribution in [0, 0.1) is 0 Å². The fourth-order valence-corrected chi connectivity index (χ4v) is 4.63. The van der Waals surface area contributed by atoms with Crippen LogP contribution in [0.15, 0.2) is 78.0 Å². The molecule has 0 bridgehead atoms. The molecule has 1 heterocycles. The van der Waals surface area contributed by atoms with Crippen molar-refractivity contribution in [1.82, 2.24) is 10.2 Å². The maximum Gasteiger partial charge on any atom is 0.193 e. The number of rotatable bonds is 6. The van der Waals surface area contributed by atoms with Crippen molar-refractivity contribution in [2.75, 3.05) is 13.7 Å². The predicted octanol–water partition coefficient (Wildman–Crippen LogP) is 5.65. The Morgan fingerprint density at radius 1 is 1.06 bits per heavy atom. The van der Waals surface area contributed by atoms with Crippen molar-refractivity contribution in [1.29, 1.82) is 0 Å². The van der Waals surface area contributed by atoms with E-state index in [1.165, 1.54) is 0 Å². The van der Waals surface area contributed by atoms with Crippen molar-refractivity contribution in [3.8, 4) is 5.75 Å². The first-order valence-corrected chi connectivity index (χ1v) is 10.9. The van der Waals surface area contributed by atoms with Gasteiger partial charge in [-0.2, -0.15) is 0 Å². The number of methoxy groups -OCH3 is 1. The van der Waals surface area contributed by atoms with Crippen LogP contribution in [0.3, 0.4) is 0 Å². The quantitative estimate of drug-likeness (QED) is 0.404. The molecule has 0 aromatic heterocycles. The van der Waals surface area contributed by atoms with E-state index in [-0.39, 0.29) is 5.78 Å². The number of Topliss-reactive ketones (excluding diaryl/α,β-unsaturated/α-hetero) is 1. The molecule has 1 unspecified atom stereocenters. The third-order valence-electron chi connectivity index (χ3n) is 5.76. The first-order chi connectivity index (χ1) is 15.1. The number of carbonyl (C=O) groups excluding carboxylic acids is 1. The van der Waals surface area contributed by atoms with Gasteiger partial charge in [0.25, 0.3) is 0 Å². The number of allylic oxidation sites excluding steroid dienone is 1. The van der Waals surface area contributed by atoms with Gasteiger partial charge in [-0.15, -0.1) is 0 Å². The zero-order valence-electron chi connectivity index (χ0n) is 18.0. The topological polar surface area (TPSA) is 41.6 Å². The minimum Gasteiger partial charge on any atom is -0.496 e. The summed E-state index contributed by atoms with van der Waals surface area (Å²) in [6.45, 7) is 4.85. The maximum atomic E-state index is 13.8. The molecule has 0 fully saturated rings. The number of fused-ring (bicyclic) bond motifs is 1. The van der Waals surface area contributed by atoms with E-state index in [9.17, 15) is 4.79 Å².